The third kappa shape index (κ3) is 7.12. The van der Waals surface area contributed by atoms with Crippen molar-refractivity contribution in [1.29, 1.82) is 0 Å². The number of nitrogens with zero attached hydrogens (tertiary/aromatic N) is 1. The molecule has 1 N–H and O–H groups in total. The predicted octanol–water partition coefficient (Wildman–Crippen LogP) is 6.64. The van der Waals surface area contributed by atoms with Gasteiger partial charge in [0.05, 0.1) is 17.3 Å². The molecule has 1 aliphatic rings. The van der Waals surface area contributed by atoms with E-state index in [0.717, 1.165) is 46.5 Å². The SMILES string of the molecule is C.C#CC1(c2ccccc2)CC1.C#Cc1cccc(-c2csc(C(CC=O)NC(=C)N(C)C)c2)c1. The molecule has 0 spiro atoms. The van der Waals surface area contributed by atoms with E-state index in [1.54, 1.807) is 11.3 Å². The fraction of sp³-hybridized carbons (Fsp3) is 0.258. The van der Waals surface area contributed by atoms with Crippen molar-refractivity contribution >= 4 is 17.6 Å². The summed E-state index contributed by atoms with van der Waals surface area (Å²) >= 11 is 1.63. The summed E-state index contributed by atoms with van der Waals surface area (Å²) in [5, 5.41) is 5.39. The normalized spacial score (nSPS) is 13.4. The number of carbonyl (C=O) groups is 1. The van der Waals surface area contributed by atoms with Gasteiger partial charge in [-0.15, -0.1) is 24.2 Å². The number of rotatable bonds is 8. The Morgan fingerprint density at radius 1 is 1.14 bits per heavy atom. The van der Waals surface area contributed by atoms with Crippen LogP contribution in [0.25, 0.3) is 11.1 Å². The fourth-order valence-corrected chi connectivity index (χ4v) is 4.53. The molecule has 0 bridgehead atoms. The van der Waals surface area contributed by atoms with Gasteiger partial charge in [0.1, 0.15) is 6.29 Å². The average Bonchev–Trinajstić information content (AvgIpc) is 3.52. The molecule has 35 heavy (non-hydrogen) atoms. The second kappa shape index (κ2) is 12.7. The van der Waals surface area contributed by atoms with E-state index in [4.69, 9.17) is 12.8 Å². The van der Waals surface area contributed by atoms with Crippen molar-refractivity contribution in [3.63, 3.8) is 0 Å². The number of nitrogens with one attached hydrogen (secondary N) is 1. The highest BCUT2D eigenvalue weighted by atomic mass is 32.1. The Kier molecular flexibility index (Phi) is 9.95. The molecule has 1 aromatic heterocycles. The van der Waals surface area contributed by atoms with Gasteiger partial charge >= 0.3 is 0 Å². The highest BCUT2D eigenvalue weighted by molar-refractivity contribution is 7.10. The first-order valence-corrected chi connectivity index (χ1v) is 12.1. The molecule has 1 fully saturated rings. The average molecular weight is 483 g/mol. The molecule has 1 unspecified atom stereocenters. The van der Waals surface area contributed by atoms with E-state index >= 15 is 0 Å². The van der Waals surface area contributed by atoms with Gasteiger partial charge in [0, 0.05) is 31.0 Å². The van der Waals surface area contributed by atoms with Crippen LogP contribution in [0.4, 0.5) is 0 Å². The number of thiophene rings is 1. The minimum absolute atomic E-state index is 0. The van der Waals surface area contributed by atoms with Crippen LogP contribution in [0.3, 0.4) is 0 Å². The predicted molar refractivity (Wildman–Crippen MR) is 150 cm³/mol. The minimum Gasteiger partial charge on any atom is -0.365 e. The van der Waals surface area contributed by atoms with Gasteiger partial charge in [-0.25, -0.2) is 0 Å². The lowest BCUT2D eigenvalue weighted by atomic mass is 9.97. The molecule has 0 saturated heterocycles. The summed E-state index contributed by atoms with van der Waals surface area (Å²) < 4.78 is 0. The second-order valence-corrected chi connectivity index (χ2v) is 9.44. The van der Waals surface area contributed by atoms with Gasteiger partial charge in [0.15, 0.2) is 0 Å². The molecule has 3 nitrogen and oxygen atoms in total. The van der Waals surface area contributed by atoms with Gasteiger partial charge in [-0.05, 0) is 53.1 Å². The minimum atomic E-state index is -0.0723. The topological polar surface area (TPSA) is 32.3 Å². The molecule has 1 aliphatic carbocycles. The second-order valence-electron chi connectivity index (χ2n) is 8.50. The molecule has 3 aromatic rings. The van der Waals surface area contributed by atoms with Crippen LogP contribution in [0.15, 0.2) is 78.4 Å². The number of benzene rings is 2. The lowest BCUT2D eigenvalue weighted by Gasteiger charge is -2.23. The largest absolute Gasteiger partial charge is 0.365 e. The van der Waals surface area contributed by atoms with Crippen molar-refractivity contribution in [3.8, 4) is 35.8 Å². The summed E-state index contributed by atoms with van der Waals surface area (Å²) in [4.78, 5) is 14.0. The molecule has 1 heterocycles. The highest BCUT2D eigenvalue weighted by Gasteiger charge is 2.42. The van der Waals surface area contributed by atoms with Gasteiger partial charge in [-0.2, -0.15) is 0 Å². The Bertz CT molecular complexity index is 1210. The van der Waals surface area contributed by atoms with E-state index in [1.165, 1.54) is 5.56 Å². The maximum absolute atomic E-state index is 11.0. The summed E-state index contributed by atoms with van der Waals surface area (Å²) in [5.74, 6) is 6.30. The summed E-state index contributed by atoms with van der Waals surface area (Å²) in [7, 11) is 3.83. The zero-order chi connectivity index (χ0) is 24.6. The fourth-order valence-electron chi connectivity index (χ4n) is 3.55. The van der Waals surface area contributed by atoms with Crippen LogP contribution in [0.2, 0.25) is 0 Å². The van der Waals surface area contributed by atoms with Crippen molar-refractivity contribution in [1.82, 2.24) is 10.2 Å². The van der Waals surface area contributed by atoms with E-state index in [1.807, 2.05) is 61.5 Å². The van der Waals surface area contributed by atoms with E-state index in [0.29, 0.717) is 6.42 Å². The molecular weight excluding hydrogens is 448 g/mol. The van der Waals surface area contributed by atoms with Crippen LogP contribution < -0.4 is 5.32 Å². The first kappa shape index (κ1) is 27.5. The van der Waals surface area contributed by atoms with E-state index in [9.17, 15) is 4.79 Å². The summed E-state index contributed by atoms with van der Waals surface area (Å²) in [6.07, 6.45) is 14.6. The summed E-state index contributed by atoms with van der Waals surface area (Å²) in [5.41, 5.74) is 4.47. The summed E-state index contributed by atoms with van der Waals surface area (Å²) in [6, 6.07) is 20.3. The Morgan fingerprint density at radius 3 is 2.43 bits per heavy atom. The van der Waals surface area contributed by atoms with Crippen LogP contribution in [0, 0.1) is 24.7 Å². The number of carbonyl (C=O) groups excluding carboxylic acids is 1. The van der Waals surface area contributed by atoms with Gasteiger partial charge < -0.3 is 15.0 Å². The number of aldehydes is 1. The maximum Gasteiger partial charge on any atom is 0.122 e. The molecule has 4 rings (SSSR count). The van der Waals surface area contributed by atoms with Crippen LogP contribution in [0.1, 0.15) is 48.7 Å². The molecule has 1 atom stereocenters. The molecule has 0 amide bonds. The van der Waals surface area contributed by atoms with Crippen molar-refractivity contribution in [2.75, 3.05) is 14.1 Å². The monoisotopic (exact) mass is 482 g/mol. The molecule has 180 valence electrons. The Morgan fingerprint density at radius 2 is 1.86 bits per heavy atom. The first-order valence-electron chi connectivity index (χ1n) is 11.2. The van der Waals surface area contributed by atoms with Crippen molar-refractivity contribution in [2.24, 2.45) is 0 Å². The number of hydrogen-bond donors (Lipinski definition) is 1. The third-order valence-corrected chi connectivity index (χ3v) is 6.94. The van der Waals surface area contributed by atoms with Gasteiger partial charge in [0.2, 0.25) is 0 Å². The quantitative estimate of drug-likeness (QED) is 0.289. The highest BCUT2D eigenvalue weighted by Crippen LogP contribution is 2.47. The van der Waals surface area contributed by atoms with Crippen molar-refractivity contribution < 1.29 is 4.79 Å². The smallest absolute Gasteiger partial charge is 0.122 e. The standard InChI is InChI=1S/C19H20N2OS.C11H10.CH4/c1-5-15-7-6-8-16(11-15)17-12-19(23-13-17)18(9-10-22)20-14(2)21(3)4;1-2-11(8-9-11)10-6-4-3-5-7-10;/h1,6-8,10-13,18,20H,2,9H2,3-4H3;1,3-7H,8-9H2;1H4. The van der Waals surface area contributed by atoms with Crippen molar-refractivity contribution in [2.45, 2.75) is 38.1 Å². The number of terminal acetylenes is 2. The maximum atomic E-state index is 11.0. The lowest BCUT2D eigenvalue weighted by Crippen LogP contribution is -2.28. The Hall–Kier alpha value is -3.73. The lowest BCUT2D eigenvalue weighted by molar-refractivity contribution is -0.108. The van der Waals surface area contributed by atoms with E-state index in [-0.39, 0.29) is 18.9 Å². The van der Waals surface area contributed by atoms with E-state index in [2.05, 4.69) is 47.3 Å². The molecule has 0 aliphatic heterocycles. The van der Waals surface area contributed by atoms with Crippen molar-refractivity contribution in [3.05, 3.63) is 94.4 Å². The van der Waals surface area contributed by atoms with Crippen LogP contribution in [-0.2, 0) is 10.2 Å². The Labute approximate surface area is 214 Å². The molecule has 2 aromatic carbocycles. The van der Waals surface area contributed by atoms with Crippen LogP contribution in [-0.4, -0.2) is 25.3 Å². The van der Waals surface area contributed by atoms with Crippen LogP contribution in [0.5, 0.6) is 0 Å². The van der Waals surface area contributed by atoms with Gasteiger partial charge in [-0.3, -0.25) is 0 Å². The zero-order valence-electron chi connectivity index (χ0n) is 19.8. The molecule has 1 saturated carbocycles. The van der Waals surface area contributed by atoms with Gasteiger partial charge in [-0.1, -0.05) is 68.3 Å². The number of hydrogen-bond acceptors (Lipinski definition) is 4. The molecular formula is C31H34N2OS. The third-order valence-electron chi connectivity index (χ3n) is 5.89. The van der Waals surface area contributed by atoms with Gasteiger partial charge in [0.25, 0.3) is 0 Å². The zero-order valence-corrected chi connectivity index (χ0v) is 20.6. The molecule has 4 heteroatoms. The van der Waals surface area contributed by atoms with E-state index < -0.39 is 0 Å². The molecule has 0 radical (unpaired) electrons. The van der Waals surface area contributed by atoms with Crippen LogP contribution >= 0.6 is 11.3 Å². The summed E-state index contributed by atoms with van der Waals surface area (Å²) in [6.45, 7) is 3.97. The first-order chi connectivity index (χ1) is 16.4. The Balaban J connectivity index is 0.000000300.